The number of nitrogens with zero attached hydrogens (tertiary/aromatic N) is 2. The molecule has 0 N–H and O–H groups in total. The number of hydrogen-bond donors (Lipinski definition) is 0. The number of hydrogen-bond acceptors (Lipinski definition) is 6. The Labute approximate surface area is 265 Å². The second kappa shape index (κ2) is 11.3. The van der Waals surface area contributed by atoms with Crippen molar-refractivity contribution < 1.29 is 9.47 Å². The number of ether oxygens (including phenoxy) is 2. The highest BCUT2D eigenvalue weighted by Crippen LogP contribution is 2.35. The number of aromatic nitrogens is 2. The van der Waals surface area contributed by atoms with Gasteiger partial charge in [-0.2, -0.15) is 0 Å². The molecule has 234 valence electrons. The molecule has 0 radical (unpaired) electrons. The van der Waals surface area contributed by atoms with Crippen molar-refractivity contribution in [3.63, 3.8) is 0 Å². The summed E-state index contributed by atoms with van der Waals surface area (Å²) in [6.45, 7) is 11.9. The molecule has 2 heterocycles. The van der Waals surface area contributed by atoms with Crippen LogP contribution in [0.15, 0.2) is 104 Å². The minimum absolute atomic E-state index is 0.0667. The first-order chi connectivity index (χ1) is 21.8. The molecule has 0 unspecified atom stereocenters. The van der Waals surface area contributed by atoms with E-state index in [4.69, 9.17) is 9.47 Å². The van der Waals surface area contributed by atoms with Gasteiger partial charge >= 0.3 is 0 Å². The summed E-state index contributed by atoms with van der Waals surface area (Å²) in [6, 6.07) is 24.7. The first kappa shape index (κ1) is 30.8. The van der Waals surface area contributed by atoms with E-state index >= 15 is 0 Å². The lowest BCUT2D eigenvalue weighted by Gasteiger charge is -2.27. The van der Waals surface area contributed by atoms with Crippen molar-refractivity contribution in [2.45, 2.75) is 65.3 Å². The SMILES string of the molecule is CCC(C)(CC)c1cccc(Oc2cccc(Oc3cccc(-n4c(=O)c5cc6c(=O)n(C(C)(C)C)c(=O)c6cc5c4=O)c3)c2)c1. The van der Waals surface area contributed by atoms with Crippen LogP contribution in [0.2, 0.25) is 0 Å². The lowest BCUT2D eigenvalue weighted by Crippen LogP contribution is -2.38. The predicted octanol–water partition coefficient (Wildman–Crippen LogP) is 7.32. The summed E-state index contributed by atoms with van der Waals surface area (Å²) in [5.41, 5.74) is -1.27. The molecule has 6 aromatic rings. The van der Waals surface area contributed by atoms with Gasteiger partial charge in [0.1, 0.15) is 23.0 Å². The molecule has 0 amide bonds. The number of fused-ring (bicyclic) bond motifs is 2. The van der Waals surface area contributed by atoms with Crippen LogP contribution >= 0.6 is 0 Å². The van der Waals surface area contributed by atoms with Crippen molar-refractivity contribution in [3.05, 3.63) is 132 Å². The van der Waals surface area contributed by atoms with Crippen molar-refractivity contribution in [1.29, 1.82) is 0 Å². The zero-order chi connectivity index (χ0) is 33.0. The summed E-state index contributed by atoms with van der Waals surface area (Å²) in [5.74, 6) is 2.25. The molecule has 2 aromatic heterocycles. The summed E-state index contributed by atoms with van der Waals surface area (Å²) in [4.78, 5) is 53.2. The van der Waals surface area contributed by atoms with E-state index in [-0.39, 0.29) is 27.0 Å². The molecule has 0 aliphatic carbocycles. The fraction of sp³-hybridized carbons (Fsp3) is 0.263. The Morgan fingerprint density at radius 1 is 0.543 bits per heavy atom. The highest BCUT2D eigenvalue weighted by atomic mass is 16.5. The molecule has 0 saturated carbocycles. The maximum Gasteiger partial charge on any atom is 0.266 e. The van der Waals surface area contributed by atoms with Gasteiger partial charge in [0.25, 0.3) is 22.2 Å². The molecule has 0 saturated heterocycles. The minimum atomic E-state index is -0.750. The molecular weight excluding hydrogens is 580 g/mol. The van der Waals surface area contributed by atoms with Gasteiger partial charge in [0, 0.05) is 17.7 Å². The average Bonchev–Trinajstić information content (AvgIpc) is 3.43. The van der Waals surface area contributed by atoms with Crippen LogP contribution in [0.5, 0.6) is 23.0 Å². The van der Waals surface area contributed by atoms with Gasteiger partial charge in [-0.15, -0.1) is 0 Å². The number of benzene rings is 4. The second-order valence-electron chi connectivity index (χ2n) is 13.0. The maximum atomic E-state index is 13.5. The highest BCUT2D eigenvalue weighted by Gasteiger charge is 2.25. The van der Waals surface area contributed by atoms with Crippen molar-refractivity contribution in [3.8, 4) is 28.7 Å². The molecule has 4 aromatic carbocycles. The average molecular weight is 617 g/mol. The van der Waals surface area contributed by atoms with Crippen LogP contribution in [0.3, 0.4) is 0 Å². The van der Waals surface area contributed by atoms with Crippen molar-refractivity contribution in [1.82, 2.24) is 9.13 Å². The monoisotopic (exact) mass is 616 g/mol. The third-order valence-electron chi connectivity index (χ3n) is 9.01. The molecule has 8 heteroatoms. The smallest absolute Gasteiger partial charge is 0.266 e. The van der Waals surface area contributed by atoms with Crippen molar-refractivity contribution in [2.24, 2.45) is 0 Å². The third kappa shape index (κ3) is 5.23. The van der Waals surface area contributed by atoms with Crippen LogP contribution in [-0.2, 0) is 11.0 Å². The van der Waals surface area contributed by atoms with E-state index in [1.54, 1.807) is 57.2 Å². The van der Waals surface area contributed by atoms with Gasteiger partial charge in [-0.1, -0.05) is 45.0 Å². The maximum absolute atomic E-state index is 13.5. The highest BCUT2D eigenvalue weighted by molar-refractivity contribution is 5.98. The van der Waals surface area contributed by atoms with Gasteiger partial charge in [0.2, 0.25) is 0 Å². The van der Waals surface area contributed by atoms with Crippen molar-refractivity contribution >= 4 is 21.5 Å². The Morgan fingerprint density at radius 2 is 0.978 bits per heavy atom. The molecule has 6 rings (SSSR count). The van der Waals surface area contributed by atoms with Crippen molar-refractivity contribution in [2.75, 3.05) is 0 Å². The lowest BCUT2D eigenvalue weighted by molar-refractivity contribution is 0.380. The van der Waals surface area contributed by atoms with E-state index in [2.05, 4.69) is 32.9 Å². The molecule has 0 aliphatic rings. The summed E-state index contributed by atoms with van der Waals surface area (Å²) >= 11 is 0. The van der Waals surface area contributed by atoms with Gasteiger partial charge in [0.05, 0.1) is 27.2 Å². The summed E-state index contributed by atoms with van der Waals surface area (Å²) < 4.78 is 14.5. The summed E-state index contributed by atoms with van der Waals surface area (Å²) in [7, 11) is 0. The van der Waals surface area contributed by atoms with Gasteiger partial charge in [-0.05, 0) is 93.1 Å². The molecule has 0 fully saturated rings. The first-order valence-electron chi connectivity index (χ1n) is 15.5. The minimum Gasteiger partial charge on any atom is -0.457 e. The quantitative estimate of drug-likeness (QED) is 0.178. The molecule has 46 heavy (non-hydrogen) atoms. The normalized spacial score (nSPS) is 12.2. The van der Waals surface area contributed by atoms with E-state index in [1.807, 2.05) is 24.3 Å². The molecule has 0 spiro atoms. The Bertz CT molecular complexity index is 2250. The van der Waals surface area contributed by atoms with Crippen LogP contribution in [0, 0.1) is 0 Å². The van der Waals surface area contributed by atoms with Gasteiger partial charge in [-0.25, -0.2) is 4.57 Å². The van der Waals surface area contributed by atoms with Gasteiger partial charge in [0.15, 0.2) is 0 Å². The summed E-state index contributed by atoms with van der Waals surface area (Å²) in [5, 5.41) is 0.410. The van der Waals surface area contributed by atoms with E-state index in [9.17, 15) is 19.2 Å². The molecule has 0 bridgehead atoms. The molecular formula is C38H36N2O6. The van der Waals surface area contributed by atoms with E-state index in [1.165, 1.54) is 17.7 Å². The Balaban J connectivity index is 1.31. The van der Waals surface area contributed by atoms with Crippen LogP contribution in [-0.4, -0.2) is 9.13 Å². The fourth-order valence-electron chi connectivity index (χ4n) is 5.97. The van der Waals surface area contributed by atoms with E-state index in [0.717, 1.165) is 27.7 Å². The second-order valence-corrected chi connectivity index (χ2v) is 13.0. The van der Waals surface area contributed by atoms with E-state index in [0.29, 0.717) is 22.9 Å². The van der Waals surface area contributed by atoms with E-state index < -0.39 is 27.8 Å². The van der Waals surface area contributed by atoms with Crippen LogP contribution in [0.25, 0.3) is 27.2 Å². The Hall–Kier alpha value is -5.24. The summed E-state index contributed by atoms with van der Waals surface area (Å²) in [6.07, 6.45) is 2.04. The third-order valence-corrected chi connectivity index (χ3v) is 9.01. The fourth-order valence-corrected chi connectivity index (χ4v) is 5.97. The Kier molecular flexibility index (Phi) is 7.55. The first-order valence-corrected chi connectivity index (χ1v) is 15.5. The largest absolute Gasteiger partial charge is 0.457 e. The Morgan fingerprint density at radius 3 is 1.48 bits per heavy atom. The molecule has 8 nitrogen and oxygen atoms in total. The molecule has 0 atom stereocenters. The molecule has 0 aliphatic heterocycles. The van der Waals surface area contributed by atoms with Crippen LogP contribution < -0.4 is 31.7 Å². The van der Waals surface area contributed by atoms with Crippen LogP contribution in [0.4, 0.5) is 0 Å². The van der Waals surface area contributed by atoms with Gasteiger partial charge in [-0.3, -0.25) is 23.7 Å². The van der Waals surface area contributed by atoms with Crippen LogP contribution in [0.1, 0.15) is 59.9 Å². The zero-order valence-corrected chi connectivity index (χ0v) is 26.8. The predicted molar refractivity (Wildman–Crippen MR) is 182 cm³/mol. The topological polar surface area (TPSA) is 96.6 Å². The van der Waals surface area contributed by atoms with Gasteiger partial charge < -0.3 is 9.47 Å². The standard InChI is InChI=1S/C38H36N2O6/c1-7-38(6,8-2)23-12-9-14-25(18-23)45-27-16-11-17-28(20-27)46-26-15-10-13-24(19-26)39-33(41)29-21-31-32(22-30(29)34(39)42)36(44)40(35(31)43)37(3,4)5/h9-22H,7-8H2,1-6H3. The number of rotatable bonds is 8. The zero-order valence-electron chi connectivity index (χ0n) is 26.8. The lowest BCUT2D eigenvalue weighted by atomic mass is 9.78.